The molecule has 3 unspecified atom stereocenters. The molecule has 0 amide bonds. The highest BCUT2D eigenvalue weighted by molar-refractivity contribution is 5.81. The second-order valence-electron chi connectivity index (χ2n) is 4.73. The molecule has 0 aliphatic carbocycles. The van der Waals surface area contributed by atoms with Crippen LogP contribution in [0.25, 0.3) is 0 Å². The number of carbonyl (C=O) groups is 1. The maximum atomic E-state index is 12.0. The quantitative estimate of drug-likeness (QED) is 0.625. The Morgan fingerprint density at radius 3 is 2.88 bits per heavy atom. The van der Waals surface area contributed by atoms with Crippen LogP contribution in [0.1, 0.15) is 26.2 Å². The summed E-state index contributed by atoms with van der Waals surface area (Å²) in [5.41, 5.74) is -0.723. The number of hydrogen-bond acceptors (Lipinski definition) is 5. The van der Waals surface area contributed by atoms with E-state index in [1.807, 2.05) is 11.9 Å². The molecule has 16 heavy (non-hydrogen) atoms. The minimum Gasteiger partial charge on any atom is -0.465 e. The summed E-state index contributed by atoms with van der Waals surface area (Å²) in [5, 5.41) is 19.6. The molecule has 0 aromatic rings. The predicted molar refractivity (Wildman–Crippen MR) is 56.8 cm³/mol. The zero-order valence-electron chi connectivity index (χ0n) is 9.72. The fraction of sp³-hybridized carbons (Fsp3) is 0.909. The number of esters is 1. The highest BCUT2D eigenvalue weighted by atomic mass is 16.5. The van der Waals surface area contributed by atoms with Crippen LogP contribution >= 0.6 is 0 Å². The summed E-state index contributed by atoms with van der Waals surface area (Å²) >= 11 is 0. The van der Waals surface area contributed by atoms with Crippen molar-refractivity contribution in [1.82, 2.24) is 4.90 Å². The molecule has 4 atom stereocenters. The summed E-state index contributed by atoms with van der Waals surface area (Å²) in [4.78, 5) is 13.9. The molecule has 0 aromatic carbocycles. The van der Waals surface area contributed by atoms with E-state index in [2.05, 4.69) is 0 Å². The molecule has 2 rings (SSSR count). The first kappa shape index (κ1) is 11.8. The maximum absolute atomic E-state index is 12.0. The van der Waals surface area contributed by atoms with E-state index in [0.717, 1.165) is 6.42 Å². The molecule has 2 aliphatic rings. The van der Waals surface area contributed by atoms with Crippen molar-refractivity contribution < 1.29 is 19.7 Å². The van der Waals surface area contributed by atoms with Crippen LogP contribution in [-0.2, 0) is 9.53 Å². The topological polar surface area (TPSA) is 70.0 Å². The average Bonchev–Trinajstić information content (AvgIpc) is 2.49. The van der Waals surface area contributed by atoms with Crippen molar-refractivity contribution in [2.75, 3.05) is 13.7 Å². The molecule has 2 saturated heterocycles. The van der Waals surface area contributed by atoms with Crippen LogP contribution in [0.3, 0.4) is 0 Å². The van der Waals surface area contributed by atoms with E-state index >= 15 is 0 Å². The lowest BCUT2D eigenvalue weighted by atomic mass is 9.86. The Labute approximate surface area is 95.0 Å². The molecule has 5 heteroatoms. The second-order valence-corrected chi connectivity index (χ2v) is 4.73. The lowest BCUT2D eigenvalue weighted by Gasteiger charge is -2.44. The van der Waals surface area contributed by atoms with Crippen molar-refractivity contribution in [3.63, 3.8) is 0 Å². The van der Waals surface area contributed by atoms with Gasteiger partial charge in [0.15, 0.2) is 0 Å². The van der Waals surface area contributed by atoms with Gasteiger partial charge in [0.25, 0.3) is 0 Å². The Kier molecular flexibility index (Phi) is 2.94. The first-order chi connectivity index (χ1) is 7.53. The molecule has 0 saturated carbocycles. The summed E-state index contributed by atoms with van der Waals surface area (Å²) in [5.74, 6) is -0.272. The van der Waals surface area contributed by atoms with E-state index in [9.17, 15) is 15.0 Å². The van der Waals surface area contributed by atoms with Crippen LogP contribution in [0.5, 0.6) is 0 Å². The Morgan fingerprint density at radius 2 is 2.25 bits per heavy atom. The van der Waals surface area contributed by atoms with Gasteiger partial charge in [0.1, 0.15) is 5.54 Å². The largest absolute Gasteiger partial charge is 0.465 e. The van der Waals surface area contributed by atoms with Crippen LogP contribution in [-0.4, -0.2) is 58.5 Å². The van der Waals surface area contributed by atoms with E-state index in [4.69, 9.17) is 4.74 Å². The number of ether oxygens (including phenoxy) is 1. The second kappa shape index (κ2) is 3.98. The summed E-state index contributed by atoms with van der Waals surface area (Å²) in [7, 11) is 1.82. The van der Waals surface area contributed by atoms with Crippen LogP contribution in [0, 0.1) is 0 Å². The van der Waals surface area contributed by atoms with Gasteiger partial charge in [0, 0.05) is 12.5 Å². The third kappa shape index (κ3) is 1.46. The highest BCUT2D eigenvalue weighted by Gasteiger charge is 2.58. The molecule has 0 radical (unpaired) electrons. The van der Waals surface area contributed by atoms with Gasteiger partial charge in [0.05, 0.1) is 18.8 Å². The fourth-order valence-electron chi connectivity index (χ4n) is 3.04. The number of aliphatic hydroxyl groups excluding tert-OH is 2. The molecule has 2 heterocycles. The smallest absolute Gasteiger partial charge is 0.326 e. The Morgan fingerprint density at radius 1 is 1.56 bits per heavy atom. The number of rotatable bonds is 2. The standard InChI is InChI=1S/C11H19NO4/c1-3-16-10(15)11-5-4-7(12(11)2)9(14)8(13)6-11/h7-9,13-14H,3-6H2,1-2H3/t7?,8?,9-,11?/m0/s1. The summed E-state index contributed by atoms with van der Waals surface area (Å²) in [6.07, 6.45) is 0.0671. The molecule has 2 fully saturated rings. The zero-order chi connectivity index (χ0) is 11.9. The van der Waals surface area contributed by atoms with E-state index < -0.39 is 17.7 Å². The highest BCUT2D eigenvalue weighted by Crippen LogP contribution is 2.43. The third-order valence-corrected chi connectivity index (χ3v) is 4.02. The monoisotopic (exact) mass is 229 g/mol. The molecule has 2 aliphatic heterocycles. The van der Waals surface area contributed by atoms with E-state index in [0.29, 0.717) is 13.0 Å². The van der Waals surface area contributed by atoms with Crippen LogP contribution in [0.4, 0.5) is 0 Å². The molecular formula is C11H19NO4. The number of carbonyl (C=O) groups excluding carboxylic acids is 1. The zero-order valence-corrected chi connectivity index (χ0v) is 9.72. The molecule has 0 aromatic heterocycles. The normalized spacial score (nSPS) is 43.4. The minimum absolute atomic E-state index is 0.131. The van der Waals surface area contributed by atoms with Crippen LogP contribution in [0.2, 0.25) is 0 Å². The van der Waals surface area contributed by atoms with E-state index in [1.54, 1.807) is 6.92 Å². The van der Waals surface area contributed by atoms with Crippen LogP contribution in [0.15, 0.2) is 0 Å². The van der Waals surface area contributed by atoms with Crippen LogP contribution < -0.4 is 0 Å². The summed E-state index contributed by atoms with van der Waals surface area (Å²) in [6.45, 7) is 2.12. The number of nitrogens with zero attached hydrogens (tertiary/aromatic N) is 1. The predicted octanol–water partition coefficient (Wildman–Crippen LogP) is -0.492. The van der Waals surface area contributed by atoms with Gasteiger partial charge in [-0.15, -0.1) is 0 Å². The van der Waals surface area contributed by atoms with E-state index in [1.165, 1.54) is 0 Å². The van der Waals surface area contributed by atoms with Crippen molar-refractivity contribution in [2.24, 2.45) is 0 Å². The lowest BCUT2D eigenvalue weighted by molar-refractivity contribution is -0.168. The number of fused-ring (bicyclic) bond motifs is 2. The van der Waals surface area contributed by atoms with Crippen molar-refractivity contribution in [3.05, 3.63) is 0 Å². The average molecular weight is 229 g/mol. The van der Waals surface area contributed by atoms with Crippen molar-refractivity contribution in [3.8, 4) is 0 Å². The number of aliphatic hydroxyl groups is 2. The van der Waals surface area contributed by atoms with Gasteiger partial charge < -0.3 is 14.9 Å². The Hall–Kier alpha value is -0.650. The lowest BCUT2D eigenvalue weighted by Crippen LogP contribution is -2.62. The summed E-state index contributed by atoms with van der Waals surface area (Å²) < 4.78 is 5.08. The van der Waals surface area contributed by atoms with E-state index in [-0.39, 0.29) is 18.4 Å². The molecule has 92 valence electrons. The van der Waals surface area contributed by atoms with Crippen molar-refractivity contribution in [2.45, 2.75) is 50.0 Å². The maximum Gasteiger partial charge on any atom is 0.326 e. The Bertz CT molecular complexity index is 296. The van der Waals surface area contributed by atoms with Gasteiger partial charge in [-0.2, -0.15) is 0 Å². The first-order valence-corrected chi connectivity index (χ1v) is 5.79. The van der Waals surface area contributed by atoms with Gasteiger partial charge in [-0.1, -0.05) is 0 Å². The van der Waals surface area contributed by atoms with Gasteiger partial charge in [-0.3, -0.25) is 9.69 Å². The molecule has 5 nitrogen and oxygen atoms in total. The van der Waals surface area contributed by atoms with Crippen molar-refractivity contribution in [1.29, 1.82) is 0 Å². The molecular weight excluding hydrogens is 210 g/mol. The SMILES string of the molecule is CCOC(=O)C12CCC([C@H](O)C(O)C1)N2C. The molecule has 2 bridgehead atoms. The number of hydrogen-bond donors (Lipinski definition) is 2. The minimum atomic E-state index is -0.826. The van der Waals surface area contributed by atoms with Gasteiger partial charge >= 0.3 is 5.97 Å². The number of likely N-dealkylation sites (N-methyl/N-ethyl adjacent to an activating group) is 1. The first-order valence-electron chi connectivity index (χ1n) is 5.79. The van der Waals surface area contributed by atoms with Gasteiger partial charge in [-0.05, 0) is 26.8 Å². The summed E-state index contributed by atoms with van der Waals surface area (Å²) in [6, 6.07) is -0.131. The van der Waals surface area contributed by atoms with Gasteiger partial charge in [-0.25, -0.2) is 0 Å². The molecule has 0 spiro atoms. The van der Waals surface area contributed by atoms with Gasteiger partial charge in [0.2, 0.25) is 0 Å². The third-order valence-electron chi connectivity index (χ3n) is 4.02. The Balaban J connectivity index is 2.24. The fourth-order valence-corrected chi connectivity index (χ4v) is 3.04. The number of piperidine rings is 1. The van der Waals surface area contributed by atoms with Crippen molar-refractivity contribution >= 4 is 5.97 Å². The molecule has 2 N–H and O–H groups in total.